The number of fused-ring (bicyclic) bond motifs is 2. The highest BCUT2D eigenvalue weighted by Crippen LogP contribution is 2.33. The molecule has 0 saturated carbocycles. The van der Waals surface area contributed by atoms with E-state index < -0.39 is 0 Å². The SMILES string of the molecule is CCN1CCN(CC(=O)Nc2nc3ccc(Sc4nnc5ccc(OC6COC6)nn45)cc3s2)CC1. The van der Waals surface area contributed by atoms with Gasteiger partial charge in [-0.05, 0) is 42.6 Å². The van der Waals surface area contributed by atoms with Crippen LogP contribution in [0.4, 0.5) is 5.13 Å². The van der Waals surface area contributed by atoms with Crippen molar-refractivity contribution in [1.82, 2.24) is 34.6 Å². The van der Waals surface area contributed by atoms with Crippen molar-refractivity contribution in [1.29, 1.82) is 0 Å². The molecule has 2 aliphatic rings. The number of hydrogen-bond donors (Lipinski definition) is 1. The van der Waals surface area contributed by atoms with Crippen LogP contribution in [0.1, 0.15) is 6.92 Å². The molecule has 2 fully saturated rings. The molecule has 188 valence electrons. The molecule has 0 bridgehead atoms. The van der Waals surface area contributed by atoms with Gasteiger partial charge in [0.05, 0.1) is 30.0 Å². The zero-order chi connectivity index (χ0) is 24.5. The van der Waals surface area contributed by atoms with Crippen LogP contribution in [0.5, 0.6) is 5.88 Å². The Morgan fingerprint density at radius 1 is 1.17 bits per heavy atom. The zero-order valence-electron chi connectivity index (χ0n) is 19.8. The van der Waals surface area contributed by atoms with Gasteiger partial charge in [0.1, 0.15) is 6.10 Å². The van der Waals surface area contributed by atoms with Gasteiger partial charge < -0.3 is 19.7 Å². The summed E-state index contributed by atoms with van der Waals surface area (Å²) in [7, 11) is 0. The molecule has 0 unspecified atom stereocenters. The van der Waals surface area contributed by atoms with Crippen molar-refractivity contribution < 1.29 is 14.3 Å². The van der Waals surface area contributed by atoms with Crippen molar-refractivity contribution in [2.24, 2.45) is 0 Å². The zero-order valence-corrected chi connectivity index (χ0v) is 21.4. The number of benzene rings is 1. The number of nitrogens with zero attached hydrogens (tertiary/aromatic N) is 7. The Labute approximate surface area is 215 Å². The Balaban J connectivity index is 1.12. The molecule has 5 heterocycles. The molecule has 2 saturated heterocycles. The standard InChI is InChI=1S/C23H26N8O3S2/c1-2-29-7-9-30(10-8-29)12-20(32)25-22-24-17-4-3-16(11-18(17)36-22)35-23-27-26-19-5-6-21(28-31(19)23)34-15-13-33-14-15/h3-6,11,15H,2,7-10,12-14H2,1H3,(H,24,25,32). The Bertz CT molecular complexity index is 1380. The number of carbonyl (C=O) groups is 1. The molecule has 1 amide bonds. The Morgan fingerprint density at radius 3 is 2.78 bits per heavy atom. The van der Waals surface area contributed by atoms with Crippen LogP contribution in [-0.2, 0) is 9.53 Å². The van der Waals surface area contributed by atoms with Crippen LogP contribution in [0.25, 0.3) is 15.9 Å². The van der Waals surface area contributed by atoms with Crippen LogP contribution in [0.3, 0.4) is 0 Å². The van der Waals surface area contributed by atoms with E-state index in [0.29, 0.717) is 41.6 Å². The van der Waals surface area contributed by atoms with Crippen molar-refractivity contribution in [2.75, 3.05) is 57.8 Å². The highest BCUT2D eigenvalue weighted by molar-refractivity contribution is 7.99. The number of ether oxygens (including phenoxy) is 2. The first-order chi connectivity index (χ1) is 17.6. The first-order valence-corrected chi connectivity index (χ1v) is 13.6. The van der Waals surface area contributed by atoms with E-state index in [1.54, 1.807) is 10.6 Å². The number of carbonyl (C=O) groups excluding carboxylic acids is 1. The molecule has 36 heavy (non-hydrogen) atoms. The van der Waals surface area contributed by atoms with Crippen LogP contribution in [0.2, 0.25) is 0 Å². The number of anilines is 1. The highest BCUT2D eigenvalue weighted by Gasteiger charge is 2.22. The number of thiazole rings is 1. The molecule has 0 atom stereocenters. The van der Waals surface area contributed by atoms with Gasteiger partial charge in [-0.15, -0.1) is 15.3 Å². The van der Waals surface area contributed by atoms with Gasteiger partial charge in [0, 0.05) is 37.1 Å². The molecule has 6 rings (SSSR count). The first-order valence-electron chi connectivity index (χ1n) is 11.9. The summed E-state index contributed by atoms with van der Waals surface area (Å²) in [4.78, 5) is 22.7. The van der Waals surface area contributed by atoms with E-state index in [1.165, 1.54) is 23.1 Å². The summed E-state index contributed by atoms with van der Waals surface area (Å²) >= 11 is 2.93. The van der Waals surface area contributed by atoms with Gasteiger partial charge >= 0.3 is 0 Å². The second-order valence-corrected chi connectivity index (χ2v) is 10.8. The number of amides is 1. The molecule has 0 radical (unpaired) electrons. The van der Waals surface area contributed by atoms with Crippen molar-refractivity contribution >= 4 is 50.0 Å². The summed E-state index contributed by atoms with van der Waals surface area (Å²) in [6.45, 7) is 8.61. The monoisotopic (exact) mass is 526 g/mol. The van der Waals surface area contributed by atoms with E-state index in [0.717, 1.165) is 47.8 Å². The molecular formula is C23H26N8O3S2. The fourth-order valence-electron chi connectivity index (χ4n) is 4.08. The lowest BCUT2D eigenvalue weighted by atomic mass is 10.3. The number of aromatic nitrogens is 5. The summed E-state index contributed by atoms with van der Waals surface area (Å²) in [5.41, 5.74) is 1.49. The Hall–Kier alpha value is -2.84. The van der Waals surface area contributed by atoms with E-state index in [2.05, 4.69) is 42.3 Å². The molecule has 0 aliphatic carbocycles. The number of hydrogen-bond acceptors (Lipinski definition) is 11. The molecule has 0 spiro atoms. The van der Waals surface area contributed by atoms with Gasteiger partial charge in [-0.2, -0.15) is 4.52 Å². The van der Waals surface area contributed by atoms with Gasteiger partial charge in [-0.1, -0.05) is 18.3 Å². The predicted molar refractivity (Wildman–Crippen MR) is 137 cm³/mol. The van der Waals surface area contributed by atoms with Crippen LogP contribution >= 0.6 is 23.1 Å². The van der Waals surface area contributed by atoms with Crippen LogP contribution in [0.15, 0.2) is 40.4 Å². The highest BCUT2D eigenvalue weighted by atomic mass is 32.2. The van der Waals surface area contributed by atoms with Crippen LogP contribution in [-0.4, -0.2) is 99.1 Å². The van der Waals surface area contributed by atoms with Gasteiger partial charge in [-0.3, -0.25) is 9.69 Å². The lowest BCUT2D eigenvalue weighted by molar-refractivity contribution is -0.117. The topological polar surface area (TPSA) is 110 Å². The Morgan fingerprint density at radius 2 is 2.00 bits per heavy atom. The van der Waals surface area contributed by atoms with Gasteiger partial charge in [0.2, 0.25) is 16.9 Å². The average molecular weight is 527 g/mol. The fourth-order valence-corrected chi connectivity index (χ4v) is 5.91. The molecule has 11 nitrogen and oxygen atoms in total. The van der Waals surface area contributed by atoms with Crippen molar-refractivity contribution in [3.05, 3.63) is 30.3 Å². The minimum absolute atomic E-state index is 0.0268. The lowest BCUT2D eigenvalue weighted by Crippen LogP contribution is -2.48. The fraction of sp³-hybridized carbons (Fsp3) is 0.435. The number of piperazine rings is 1. The molecule has 1 aromatic carbocycles. The van der Waals surface area contributed by atoms with Gasteiger partial charge in [-0.25, -0.2) is 4.98 Å². The summed E-state index contributed by atoms with van der Waals surface area (Å²) < 4.78 is 13.6. The van der Waals surface area contributed by atoms with Gasteiger partial charge in [0.25, 0.3) is 0 Å². The molecule has 3 aromatic heterocycles. The van der Waals surface area contributed by atoms with E-state index in [4.69, 9.17) is 9.47 Å². The van der Waals surface area contributed by atoms with Crippen LogP contribution in [0, 0.1) is 0 Å². The van der Waals surface area contributed by atoms with Crippen molar-refractivity contribution in [3.63, 3.8) is 0 Å². The summed E-state index contributed by atoms with van der Waals surface area (Å²) in [5.74, 6) is 0.490. The van der Waals surface area contributed by atoms with Crippen molar-refractivity contribution in [2.45, 2.75) is 23.1 Å². The summed E-state index contributed by atoms with van der Waals surface area (Å²) in [6.07, 6.45) is 0.0391. The predicted octanol–water partition coefficient (Wildman–Crippen LogP) is 2.24. The van der Waals surface area contributed by atoms with Crippen LogP contribution < -0.4 is 10.1 Å². The maximum Gasteiger partial charge on any atom is 0.240 e. The first kappa shape index (κ1) is 23.6. The number of rotatable bonds is 8. The Kier molecular flexibility index (Phi) is 6.71. The average Bonchev–Trinajstić information content (AvgIpc) is 3.44. The molecule has 2 aliphatic heterocycles. The third-order valence-corrected chi connectivity index (χ3v) is 8.06. The van der Waals surface area contributed by atoms with Gasteiger partial charge in [0.15, 0.2) is 10.8 Å². The number of likely N-dealkylation sites (N-methyl/N-ethyl adjacent to an activating group) is 1. The normalized spacial score (nSPS) is 17.5. The quantitative estimate of drug-likeness (QED) is 0.367. The maximum atomic E-state index is 12.6. The van der Waals surface area contributed by atoms with E-state index >= 15 is 0 Å². The second kappa shape index (κ2) is 10.3. The van der Waals surface area contributed by atoms with Crippen molar-refractivity contribution in [3.8, 4) is 5.88 Å². The van der Waals surface area contributed by atoms with E-state index in [-0.39, 0.29) is 12.0 Å². The lowest BCUT2D eigenvalue weighted by Gasteiger charge is -2.33. The second-order valence-electron chi connectivity index (χ2n) is 8.71. The third kappa shape index (κ3) is 5.15. The largest absolute Gasteiger partial charge is 0.468 e. The molecule has 13 heteroatoms. The maximum absolute atomic E-state index is 12.6. The third-order valence-electron chi connectivity index (χ3n) is 6.20. The van der Waals surface area contributed by atoms with E-state index in [9.17, 15) is 4.79 Å². The number of nitrogens with one attached hydrogen (secondary N) is 1. The molecule has 4 aromatic rings. The smallest absolute Gasteiger partial charge is 0.240 e. The minimum Gasteiger partial charge on any atom is -0.468 e. The summed E-state index contributed by atoms with van der Waals surface area (Å²) in [6, 6.07) is 9.61. The van der Waals surface area contributed by atoms with E-state index in [1.807, 2.05) is 24.3 Å². The molecular weight excluding hydrogens is 500 g/mol. The molecule has 1 N–H and O–H groups in total. The summed E-state index contributed by atoms with van der Waals surface area (Å²) in [5, 5.41) is 17.3. The minimum atomic E-state index is -0.0268.